The van der Waals surface area contributed by atoms with Gasteiger partial charge in [-0.15, -0.1) is 0 Å². The molecule has 0 saturated carbocycles. The van der Waals surface area contributed by atoms with Gasteiger partial charge in [-0.2, -0.15) is 17.5 Å². The number of alkyl halides is 3. The highest BCUT2D eigenvalue weighted by Gasteiger charge is 2.41. The van der Waals surface area contributed by atoms with E-state index in [1.165, 1.54) is 52.8 Å². The van der Waals surface area contributed by atoms with Crippen LogP contribution in [0, 0.1) is 0 Å². The lowest BCUT2D eigenvalue weighted by Crippen LogP contribution is -2.35. The number of rotatable bonds is 5. The van der Waals surface area contributed by atoms with Gasteiger partial charge in [0.15, 0.2) is 0 Å². The number of aromatic nitrogens is 1. The Labute approximate surface area is 198 Å². The number of hydrogen-bond donors (Lipinski definition) is 1. The van der Waals surface area contributed by atoms with Crippen LogP contribution in [0.15, 0.2) is 59.5 Å². The standard InChI is InChI=1S/C23H20F3N3O5S/c24-23(25,26)22(31)34-20-10-7-15-13-17(8-9-19(15)28-20)27-21(30)16-5-4-6-18(14-16)35(32,33)29-11-2-1-3-12-29/h4-10,13-14H,1-3,11-12H2,(H,27,30). The second kappa shape index (κ2) is 9.62. The fraction of sp³-hybridized carbons (Fsp3) is 0.261. The topological polar surface area (TPSA) is 106 Å². The van der Waals surface area contributed by atoms with Crippen molar-refractivity contribution in [2.45, 2.75) is 30.3 Å². The smallest absolute Gasteiger partial charge is 0.401 e. The van der Waals surface area contributed by atoms with Gasteiger partial charge in [-0.1, -0.05) is 12.5 Å². The highest BCUT2D eigenvalue weighted by molar-refractivity contribution is 7.89. The Balaban J connectivity index is 1.50. The lowest BCUT2D eigenvalue weighted by atomic mass is 10.1. The molecular weight excluding hydrogens is 487 g/mol. The van der Waals surface area contributed by atoms with Gasteiger partial charge in [0, 0.05) is 35.8 Å². The van der Waals surface area contributed by atoms with Crippen molar-refractivity contribution in [3.05, 3.63) is 60.2 Å². The molecule has 12 heteroatoms. The van der Waals surface area contributed by atoms with E-state index in [-0.39, 0.29) is 16.0 Å². The summed E-state index contributed by atoms with van der Waals surface area (Å²) in [6.07, 6.45) is -2.57. The number of hydrogen-bond acceptors (Lipinski definition) is 6. The molecule has 184 valence electrons. The lowest BCUT2D eigenvalue weighted by Gasteiger charge is -2.26. The summed E-state index contributed by atoms with van der Waals surface area (Å²) in [4.78, 5) is 27.7. The van der Waals surface area contributed by atoms with E-state index in [2.05, 4.69) is 15.0 Å². The third kappa shape index (κ3) is 5.60. The first-order valence-electron chi connectivity index (χ1n) is 10.7. The van der Waals surface area contributed by atoms with Crippen molar-refractivity contribution in [2.24, 2.45) is 0 Å². The minimum atomic E-state index is -5.14. The fourth-order valence-corrected chi connectivity index (χ4v) is 5.21. The van der Waals surface area contributed by atoms with Crippen molar-refractivity contribution in [3.8, 4) is 5.88 Å². The molecule has 1 aliphatic rings. The van der Waals surface area contributed by atoms with E-state index < -0.39 is 34.0 Å². The van der Waals surface area contributed by atoms with E-state index in [0.717, 1.165) is 25.3 Å². The van der Waals surface area contributed by atoms with Crippen LogP contribution in [0.5, 0.6) is 5.88 Å². The Hall–Kier alpha value is -3.51. The number of carbonyl (C=O) groups excluding carboxylic acids is 2. The van der Waals surface area contributed by atoms with Crippen molar-refractivity contribution in [2.75, 3.05) is 18.4 Å². The number of esters is 1. The molecular formula is C23H20F3N3O5S. The third-order valence-electron chi connectivity index (χ3n) is 5.40. The molecule has 2 aromatic carbocycles. The zero-order valence-electron chi connectivity index (χ0n) is 18.2. The molecule has 0 aliphatic carbocycles. The van der Waals surface area contributed by atoms with Crippen LogP contribution in [0.25, 0.3) is 10.9 Å². The number of pyridine rings is 1. The Morgan fingerprint density at radius 2 is 1.71 bits per heavy atom. The molecule has 1 aromatic heterocycles. The van der Waals surface area contributed by atoms with E-state index in [0.29, 0.717) is 24.2 Å². The second-order valence-electron chi connectivity index (χ2n) is 7.89. The van der Waals surface area contributed by atoms with Gasteiger partial charge in [-0.05, 0) is 55.3 Å². The third-order valence-corrected chi connectivity index (χ3v) is 7.29. The van der Waals surface area contributed by atoms with E-state index in [1.807, 2.05) is 0 Å². The van der Waals surface area contributed by atoms with E-state index in [4.69, 9.17) is 0 Å². The number of amides is 1. The molecule has 1 fully saturated rings. The molecule has 0 unspecified atom stereocenters. The lowest BCUT2D eigenvalue weighted by molar-refractivity contribution is -0.189. The summed E-state index contributed by atoms with van der Waals surface area (Å²) in [5, 5.41) is 3.13. The van der Waals surface area contributed by atoms with Gasteiger partial charge in [0.05, 0.1) is 10.4 Å². The average Bonchev–Trinajstić information content (AvgIpc) is 2.84. The zero-order chi connectivity index (χ0) is 25.2. The van der Waals surface area contributed by atoms with Gasteiger partial charge < -0.3 is 10.1 Å². The molecule has 1 saturated heterocycles. The van der Waals surface area contributed by atoms with Gasteiger partial charge in [0.25, 0.3) is 5.91 Å². The number of ether oxygens (including phenoxy) is 1. The monoisotopic (exact) mass is 507 g/mol. The first kappa shape index (κ1) is 24.6. The summed E-state index contributed by atoms with van der Waals surface area (Å²) in [5.74, 6) is -3.43. The van der Waals surface area contributed by atoms with Crippen LogP contribution in [0.1, 0.15) is 29.6 Å². The number of nitrogens with one attached hydrogen (secondary N) is 1. The van der Waals surface area contributed by atoms with Crippen molar-refractivity contribution in [3.63, 3.8) is 0 Å². The van der Waals surface area contributed by atoms with Gasteiger partial charge in [-0.25, -0.2) is 18.2 Å². The van der Waals surface area contributed by atoms with Crippen molar-refractivity contribution >= 4 is 38.5 Å². The van der Waals surface area contributed by atoms with Crippen LogP contribution in [0.2, 0.25) is 0 Å². The predicted molar refractivity (Wildman–Crippen MR) is 120 cm³/mol. The van der Waals surface area contributed by atoms with Gasteiger partial charge in [-0.3, -0.25) is 4.79 Å². The van der Waals surface area contributed by atoms with Crippen LogP contribution in [0.4, 0.5) is 18.9 Å². The SMILES string of the molecule is O=C(Nc1ccc2nc(OC(=O)C(F)(F)F)ccc2c1)c1cccc(S(=O)(=O)N2CCCCC2)c1. The number of fused-ring (bicyclic) bond motifs is 1. The predicted octanol–water partition coefficient (Wildman–Crippen LogP) is 4.13. The highest BCUT2D eigenvalue weighted by Crippen LogP contribution is 2.25. The number of benzene rings is 2. The molecule has 8 nitrogen and oxygen atoms in total. The van der Waals surface area contributed by atoms with Gasteiger partial charge in [0.2, 0.25) is 15.9 Å². The molecule has 0 atom stereocenters. The summed E-state index contributed by atoms with van der Waals surface area (Å²) >= 11 is 0. The summed E-state index contributed by atoms with van der Waals surface area (Å²) < 4.78 is 68.6. The largest absolute Gasteiger partial charge is 0.491 e. The van der Waals surface area contributed by atoms with Crippen molar-refractivity contribution in [1.29, 1.82) is 0 Å². The Morgan fingerprint density at radius 3 is 2.43 bits per heavy atom. The maximum absolute atomic E-state index is 12.9. The maximum Gasteiger partial charge on any atom is 0.491 e. The normalized spacial score (nSPS) is 15.1. The Bertz CT molecular complexity index is 1390. The Morgan fingerprint density at radius 1 is 0.971 bits per heavy atom. The fourth-order valence-electron chi connectivity index (χ4n) is 3.65. The molecule has 0 spiro atoms. The van der Waals surface area contributed by atoms with Gasteiger partial charge in [0.1, 0.15) is 0 Å². The first-order valence-corrected chi connectivity index (χ1v) is 12.1. The molecule has 1 N–H and O–H groups in total. The van der Waals surface area contributed by atoms with E-state index in [1.54, 1.807) is 0 Å². The molecule has 0 radical (unpaired) electrons. The summed E-state index contributed by atoms with van der Waals surface area (Å²) in [6.45, 7) is 0.891. The first-order chi connectivity index (χ1) is 16.5. The molecule has 2 heterocycles. The highest BCUT2D eigenvalue weighted by atomic mass is 32.2. The van der Waals surface area contributed by atoms with Crippen LogP contribution < -0.4 is 10.1 Å². The van der Waals surface area contributed by atoms with E-state index in [9.17, 15) is 31.2 Å². The number of piperidine rings is 1. The van der Waals surface area contributed by atoms with Crippen LogP contribution in [0.3, 0.4) is 0 Å². The second-order valence-corrected chi connectivity index (χ2v) is 9.83. The molecule has 0 bridgehead atoms. The zero-order valence-corrected chi connectivity index (χ0v) is 19.0. The number of carbonyl (C=O) groups is 2. The number of anilines is 1. The molecule has 1 amide bonds. The van der Waals surface area contributed by atoms with Crippen LogP contribution >= 0.6 is 0 Å². The van der Waals surface area contributed by atoms with Gasteiger partial charge >= 0.3 is 12.1 Å². The van der Waals surface area contributed by atoms with E-state index >= 15 is 0 Å². The molecule has 1 aliphatic heterocycles. The number of halogens is 3. The molecule has 3 aromatic rings. The average molecular weight is 507 g/mol. The summed E-state index contributed by atoms with van der Waals surface area (Å²) in [6, 6.07) is 12.7. The summed E-state index contributed by atoms with van der Waals surface area (Å²) in [7, 11) is -3.70. The minimum Gasteiger partial charge on any atom is -0.401 e. The minimum absolute atomic E-state index is 0.0377. The quantitative estimate of drug-likeness (QED) is 0.521. The van der Waals surface area contributed by atoms with Crippen LogP contribution in [-0.2, 0) is 14.8 Å². The molecule has 4 rings (SSSR count). The Kier molecular flexibility index (Phi) is 6.77. The number of nitrogens with zero attached hydrogens (tertiary/aromatic N) is 2. The van der Waals surface area contributed by atoms with Crippen molar-refractivity contribution in [1.82, 2.24) is 9.29 Å². The van der Waals surface area contributed by atoms with Crippen LogP contribution in [-0.4, -0.2) is 48.8 Å². The van der Waals surface area contributed by atoms with Crippen molar-refractivity contribution < 1.29 is 35.9 Å². The number of sulfonamides is 1. The summed E-state index contributed by atoms with van der Waals surface area (Å²) in [5.41, 5.74) is 0.745. The molecule has 35 heavy (non-hydrogen) atoms. The maximum atomic E-state index is 12.9.